The lowest BCUT2D eigenvalue weighted by atomic mass is 10.3. The first kappa shape index (κ1) is 20.0. The van der Waals surface area contributed by atoms with Gasteiger partial charge in [0, 0.05) is 36.8 Å². The fourth-order valence-electron chi connectivity index (χ4n) is 2.23. The van der Waals surface area contributed by atoms with Crippen molar-refractivity contribution in [3.63, 3.8) is 0 Å². The Balaban J connectivity index is 1.77. The van der Waals surface area contributed by atoms with Gasteiger partial charge in [0.15, 0.2) is 0 Å². The van der Waals surface area contributed by atoms with Gasteiger partial charge in [-0.15, -0.1) is 0 Å². The summed E-state index contributed by atoms with van der Waals surface area (Å²) in [5.74, 6) is 0.623. The smallest absolute Gasteiger partial charge is 0.319 e. The highest BCUT2D eigenvalue weighted by molar-refractivity contribution is 9.10. The molecule has 2 N–H and O–H groups in total. The molecule has 0 saturated carbocycles. The Hall–Kier alpha value is -2.32. The van der Waals surface area contributed by atoms with Crippen molar-refractivity contribution in [2.75, 3.05) is 32.1 Å². The second kappa shape index (κ2) is 10.6. The first-order valence-corrected chi connectivity index (χ1v) is 8.97. The molecule has 0 atom stereocenters. The van der Waals surface area contributed by atoms with Crippen molar-refractivity contribution in [1.82, 2.24) is 10.2 Å². The van der Waals surface area contributed by atoms with Crippen LogP contribution in [0.1, 0.15) is 12.2 Å². The number of amides is 3. The zero-order valence-corrected chi connectivity index (χ0v) is 16.1. The zero-order chi connectivity index (χ0) is 18.8. The lowest BCUT2D eigenvalue weighted by molar-refractivity contribution is -0.132. The maximum absolute atomic E-state index is 12.4. The number of methoxy groups -OCH3 is 1. The van der Waals surface area contributed by atoms with E-state index in [1.165, 1.54) is 0 Å². The highest BCUT2D eigenvalue weighted by Gasteiger charge is 2.15. The first-order chi connectivity index (χ1) is 12.6. The van der Waals surface area contributed by atoms with Gasteiger partial charge in [0.25, 0.3) is 0 Å². The van der Waals surface area contributed by atoms with E-state index >= 15 is 0 Å². The normalized spacial score (nSPS) is 10.4. The number of ether oxygens (including phenoxy) is 1. The Kier molecular flexibility index (Phi) is 8.17. The molecule has 0 aliphatic carbocycles. The van der Waals surface area contributed by atoms with Crippen molar-refractivity contribution in [2.24, 2.45) is 0 Å². The molecule has 2 rings (SSSR count). The van der Waals surface area contributed by atoms with Gasteiger partial charge in [0.2, 0.25) is 5.91 Å². The number of nitrogens with zero attached hydrogens (tertiary/aromatic N) is 1. The van der Waals surface area contributed by atoms with Crippen LogP contribution >= 0.6 is 15.9 Å². The van der Waals surface area contributed by atoms with E-state index in [4.69, 9.17) is 9.15 Å². The lowest BCUT2D eigenvalue weighted by Gasteiger charge is -2.21. The number of anilines is 1. The number of nitrogens with one attached hydrogen (secondary N) is 2. The molecule has 0 unspecified atom stereocenters. The molecule has 2 aromatic rings. The van der Waals surface area contributed by atoms with Gasteiger partial charge in [0.05, 0.1) is 19.4 Å². The van der Waals surface area contributed by atoms with Crippen molar-refractivity contribution in [3.8, 4) is 0 Å². The molecule has 0 fully saturated rings. The van der Waals surface area contributed by atoms with Crippen LogP contribution in [-0.4, -0.2) is 43.6 Å². The minimum Gasteiger partial charge on any atom is -0.467 e. The molecule has 0 radical (unpaired) electrons. The quantitative estimate of drug-likeness (QED) is 0.648. The van der Waals surface area contributed by atoms with Crippen LogP contribution < -0.4 is 10.6 Å². The van der Waals surface area contributed by atoms with Crippen LogP contribution in [-0.2, 0) is 16.1 Å². The van der Waals surface area contributed by atoms with Crippen molar-refractivity contribution >= 4 is 33.6 Å². The molecular weight excluding hydrogens is 402 g/mol. The summed E-state index contributed by atoms with van der Waals surface area (Å²) in [5.41, 5.74) is 0.677. The number of hydrogen-bond donors (Lipinski definition) is 2. The summed E-state index contributed by atoms with van der Waals surface area (Å²) in [4.78, 5) is 25.9. The molecule has 140 valence electrons. The van der Waals surface area contributed by atoms with Crippen LogP contribution in [0, 0.1) is 0 Å². The van der Waals surface area contributed by atoms with Gasteiger partial charge in [-0.1, -0.05) is 15.9 Å². The van der Waals surface area contributed by atoms with E-state index in [2.05, 4.69) is 26.6 Å². The molecule has 0 bridgehead atoms. The Morgan fingerprint density at radius 1 is 1.23 bits per heavy atom. The van der Waals surface area contributed by atoms with Crippen LogP contribution in [0.4, 0.5) is 10.5 Å². The van der Waals surface area contributed by atoms with Gasteiger partial charge in [-0.2, -0.15) is 0 Å². The molecule has 0 spiro atoms. The summed E-state index contributed by atoms with van der Waals surface area (Å²) in [6.07, 6.45) is 1.76. The predicted octanol–water partition coefficient (Wildman–Crippen LogP) is 3.23. The largest absolute Gasteiger partial charge is 0.467 e. The van der Waals surface area contributed by atoms with Gasteiger partial charge < -0.3 is 24.7 Å². The SMILES string of the molecule is COCCN(Cc1ccco1)C(=O)CCNC(=O)Nc1ccc(Br)cc1. The number of benzene rings is 1. The number of urea groups is 1. The number of furan rings is 1. The molecule has 0 aliphatic heterocycles. The van der Waals surface area contributed by atoms with E-state index in [1.54, 1.807) is 36.5 Å². The highest BCUT2D eigenvalue weighted by Crippen LogP contribution is 2.13. The third-order valence-corrected chi connectivity index (χ3v) is 4.10. The Labute approximate surface area is 160 Å². The first-order valence-electron chi connectivity index (χ1n) is 8.18. The molecule has 1 aromatic heterocycles. The Morgan fingerprint density at radius 2 is 2.00 bits per heavy atom. The molecule has 0 saturated heterocycles. The minimum absolute atomic E-state index is 0.0811. The number of carbonyl (C=O) groups is 2. The zero-order valence-electron chi connectivity index (χ0n) is 14.5. The molecule has 0 aliphatic rings. The van der Waals surface area contributed by atoms with Crippen molar-refractivity contribution in [1.29, 1.82) is 0 Å². The van der Waals surface area contributed by atoms with Crippen LogP contribution in [0.3, 0.4) is 0 Å². The van der Waals surface area contributed by atoms with Crippen LogP contribution in [0.25, 0.3) is 0 Å². The molecule has 26 heavy (non-hydrogen) atoms. The Morgan fingerprint density at radius 3 is 2.65 bits per heavy atom. The van der Waals surface area contributed by atoms with Gasteiger partial charge in [-0.05, 0) is 36.4 Å². The molecule has 8 heteroatoms. The topological polar surface area (TPSA) is 83.8 Å². The number of rotatable bonds is 9. The van der Waals surface area contributed by atoms with Gasteiger partial charge in [0.1, 0.15) is 5.76 Å². The molecule has 1 aromatic carbocycles. The monoisotopic (exact) mass is 423 g/mol. The lowest BCUT2D eigenvalue weighted by Crippen LogP contribution is -2.37. The van der Waals surface area contributed by atoms with E-state index in [1.807, 2.05) is 18.2 Å². The number of halogens is 1. The standard InChI is InChI=1S/C18H22BrN3O4/c1-25-12-10-22(13-16-3-2-11-26-16)17(23)8-9-20-18(24)21-15-6-4-14(19)5-7-15/h2-7,11H,8-10,12-13H2,1H3,(H2,20,21,24). The summed E-state index contributed by atoms with van der Waals surface area (Å²) < 4.78 is 11.3. The minimum atomic E-state index is -0.352. The summed E-state index contributed by atoms with van der Waals surface area (Å²) in [5, 5.41) is 5.39. The summed E-state index contributed by atoms with van der Waals surface area (Å²) in [6, 6.07) is 10.5. The number of carbonyl (C=O) groups excluding carboxylic acids is 2. The third-order valence-electron chi connectivity index (χ3n) is 3.57. The fraction of sp³-hybridized carbons (Fsp3) is 0.333. The summed E-state index contributed by atoms with van der Waals surface area (Å²) in [6.45, 7) is 1.51. The van der Waals surface area contributed by atoms with E-state index in [9.17, 15) is 9.59 Å². The second-order valence-electron chi connectivity index (χ2n) is 5.53. The van der Waals surface area contributed by atoms with E-state index in [0.717, 1.165) is 4.47 Å². The maximum atomic E-state index is 12.4. The predicted molar refractivity (Wildman–Crippen MR) is 102 cm³/mol. The van der Waals surface area contributed by atoms with E-state index in [0.29, 0.717) is 31.1 Å². The second-order valence-corrected chi connectivity index (χ2v) is 6.44. The maximum Gasteiger partial charge on any atom is 0.319 e. The van der Waals surface area contributed by atoms with Gasteiger partial charge in [-0.3, -0.25) is 4.79 Å². The summed E-state index contributed by atoms with van der Waals surface area (Å²) in [7, 11) is 1.59. The van der Waals surface area contributed by atoms with E-state index < -0.39 is 0 Å². The fourth-order valence-corrected chi connectivity index (χ4v) is 2.50. The van der Waals surface area contributed by atoms with Crippen molar-refractivity contribution in [3.05, 3.63) is 52.9 Å². The molecule has 1 heterocycles. The average Bonchev–Trinajstić information content (AvgIpc) is 3.13. The molecular formula is C18H22BrN3O4. The van der Waals surface area contributed by atoms with Crippen LogP contribution in [0.2, 0.25) is 0 Å². The van der Waals surface area contributed by atoms with E-state index in [-0.39, 0.29) is 24.9 Å². The summed E-state index contributed by atoms with van der Waals surface area (Å²) >= 11 is 3.34. The molecule has 7 nitrogen and oxygen atoms in total. The average molecular weight is 424 g/mol. The van der Waals surface area contributed by atoms with Crippen LogP contribution in [0.5, 0.6) is 0 Å². The molecule has 3 amide bonds. The van der Waals surface area contributed by atoms with Crippen LogP contribution in [0.15, 0.2) is 51.6 Å². The van der Waals surface area contributed by atoms with Gasteiger partial charge in [-0.25, -0.2) is 4.79 Å². The number of hydrogen-bond acceptors (Lipinski definition) is 4. The third kappa shape index (κ3) is 6.89. The highest BCUT2D eigenvalue weighted by atomic mass is 79.9. The van der Waals surface area contributed by atoms with Gasteiger partial charge >= 0.3 is 6.03 Å². The Bertz CT molecular complexity index is 689. The van der Waals surface area contributed by atoms with Crippen molar-refractivity contribution in [2.45, 2.75) is 13.0 Å². The van der Waals surface area contributed by atoms with Crippen molar-refractivity contribution < 1.29 is 18.7 Å².